The largest absolute Gasteiger partial charge is 0.506 e. The van der Waals surface area contributed by atoms with Crippen molar-refractivity contribution in [2.75, 3.05) is 18.9 Å². The van der Waals surface area contributed by atoms with Crippen molar-refractivity contribution in [3.05, 3.63) is 18.2 Å². The van der Waals surface area contributed by atoms with E-state index >= 15 is 0 Å². The normalized spacial score (nSPS) is 17.8. The number of rotatable bonds is 3. The Hall–Kier alpha value is -1.31. The minimum atomic E-state index is -3.60. The molecule has 1 heterocycles. The first-order valence-corrected chi connectivity index (χ1v) is 7.16. The lowest BCUT2D eigenvalue weighted by Crippen LogP contribution is -2.38. The van der Waals surface area contributed by atoms with E-state index in [-0.39, 0.29) is 22.4 Å². The topological polar surface area (TPSA) is 102 Å². The van der Waals surface area contributed by atoms with E-state index < -0.39 is 10.0 Å². The van der Waals surface area contributed by atoms with Crippen LogP contribution in [-0.2, 0) is 14.8 Å². The molecule has 1 saturated heterocycles. The summed E-state index contributed by atoms with van der Waals surface area (Å²) in [6.45, 7) is 1.12. The zero-order valence-electron chi connectivity index (χ0n) is 9.80. The van der Waals surface area contributed by atoms with Gasteiger partial charge in [-0.15, -0.1) is 0 Å². The molecule has 0 bridgehead atoms. The highest BCUT2D eigenvalue weighted by molar-refractivity contribution is 7.89. The van der Waals surface area contributed by atoms with E-state index in [2.05, 4.69) is 4.72 Å². The van der Waals surface area contributed by atoms with Crippen LogP contribution in [0.5, 0.6) is 5.75 Å². The number of nitrogen functional groups attached to an aromatic ring is 1. The van der Waals surface area contributed by atoms with Crippen LogP contribution >= 0.6 is 0 Å². The number of nitrogens with one attached hydrogen (secondary N) is 1. The van der Waals surface area contributed by atoms with Gasteiger partial charge in [0.2, 0.25) is 10.0 Å². The third-order valence-corrected chi connectivity index (χ3v) is 4.37. The molecule has 0 unspecified atom stereocenters. The Bertz CT molecular complexity index is 524. The van der Waals surface area contributed by atoms with Crippen LogP contribution in [0.25, 0.3) is 0 Å². The van der Waals surface area contributed by atoms with Crippen molar-refractivity contribution in [3.8, 4) is 5.75 Å². The average Bonchev–Trinajstić information content (AvgIpc) is 2.33. The first-order valence-electron chi connectivity index (χ1n) is 5.67. The summed E-state index contributed by atoms with van der Waals surface area (Å²) < 4.78 is 31.9. The summed E-state index contributed by atoms with van der Waals surface area (Å²) in [5, 5.41) is 9.27. The Morgan fingerprint density at radius 1 is 1.33 bits per heavy atom. The third-order valence-electron chi connectivity index (χ3n) is 2.85. The number of nitrogens with two attached hydrogens (primary N) is 1. The maximum absolute atomic E-state index is 12.1. The van der Waals surface area contributed by atoms with Crippen LogP contribution in [0.1, 0.15) is 12.8 Å². The van der Waals surface area contributed by atoms with Crippen LogP contribution in [0.3, 0.4) is 0 Å². The van der Waals surface area contributed by atoms with Gasteiger partial charge in [0.25, 0.3) is 0 Å². The first kappa shape index (κ1) is 13.1. The summed E-state index contributed by atoms with van der Waals surface area (Å²) in [6, 6.07) is 3.73. The number of phenols is 1. The maximum Gasteiger partial charge on any atom is 0.240 e. The summed E-state index contributed by atoms with van der Waals surface area (Å²) in [6.07, 6.45) is 1.32. The minimum Gasteiger partial charge on any atom is -0.506 e. The number of hydrogen-bond donors (Lipinski definition) is 3. The molecule has 7 heteroatoms. The van der Waals surface area contributed by atoms with E-state index in [1.54, 1.807) is 0 Å². The molecule has 1 aliphatic rings. The SMILES string of the molecule is Nc1cc(S(=O)(=O)NC2CCOCC2)ccc1O. The quantitative estimate of drug-likeness (QED) is 0.547. The lowest BCUT2D eigenvalue weighted by atomic mass is 10.1. The van der Waals surface area contributed by atoms with Crippen molar-refractivity contribution in [1.82, 2.24) is 4.72 Å². The molecule has 0 aliphatic carbocycles. The molecule has 0 saturated carbocycles. The first-order chi connectivity index (χ1) is 8.49. The molecule has 1 fully saturated rings. The molecule has 1 aromatic carbocycles. The second-order valence-corrected chi connectivity index (χ2v) is 5.94. The molecule has 0 spiro atoms. The van der Waals surface area contributed by atoms with E-state index in [0.29, 0.717) is 26.1 Å². The van der Waals surface area contributed by atoms with Crippen molar-refractivity contribution in [3.63, 3.8) is 0 Å². The van der Waals surface area contributed by atoms with Gasteiger partial charge in [-0.1, -0.05) is 0 Å². The molecule has 100 valence electrons. The minimum absolute atomic E-state index is 0.0462. The lowest BCUT2D eigenvalue weighted by Gasteiger charge is -2.23. The second-order valence-electron chi connectivity index (χ2n) is 4.23. The highest BCUT2D eigenvalue weighted by Crippen LogP contribution is 2.23. The molecule has 2 rings (SSSR count). The number of anilines is 1. The molecular weight excluding hydrogens is 256 g/mol. The Labute approximate surface area is 106 Å². The van der Waals surface area contributed by atoms with Crippen LogP contribution in [-0.4, -0.2) is 32.8 Å². The van der Waals surface area contributed by atoms with Crippen LogP contribution < -0.4 is 10.5 Å². The van der Waals surface area contributed by atoms with E-state index in [0.717, 1.165) is 0 Å². The van der Waals surface area contributed by atoms with E-state index in [4.69, 9.17) is 10.5 Å². The van der Waals surface area contributed by atoms with E-state index in [1.165, 1.54) is 18.2 Å². The fourth-order valence-electron chi connectivity index (χ4n) is 1.80. The monoisotopic (exact) mass is 272 g/mol. The number of hydrogen-bond acceptors (Lipinski definition) is 5. The predicted octanol–water partition coefficient (Wildman–Crippen LogP) is 0.432. The van der Waals surface area contributed by atoms with Gasteiger partial charge in [0.1, 0.15) is 5.75 Å². The highest BCUT2D eigenvalue weighted by Gasteiger charge is 2.22. The van der Waals surface area contributed by atoms with Gasteiger partial charge in [-0.3, -0.25) is 0 Å². The van der Waals surface area contributed by atoms with Gasteiger partial charge in [0, 0.05) is 19.3 Å². The van der Waals surface area contributed by atoms with E-state index in [9.17, 15) is 13.5 Å². The molecule has 0 radical (unpaired) electrons. The van der Waals surface area contributed by atoms with Gasteiger partial charge < -0.3 is 15.6 Å². The molecule has 4 N–H and O–H groups in total. The van der Waals surface area contributed by atoms with Crippen LogP contribution in [0.2, 0.25) is 0 Å². The Kier molecular flexibility index (Phi) is 3.74. The average molecular weight is 272 g/mol. The van der Waals surface area contributed by atoms with Crippen LogP contribution in [0.4, 0.5) is 5.69 Å². The van der Waals surface area contributed by atoms with Gasteiger partial charge in [-0.25, -0.2) is 13.1 Å². The fourth-order valence-corrected chi connectivity index (χ4v) is 3.14. The molecule has 6 nitrogen and oxygen atoms in total. The van der Waals surface area contributed by atoms with Gasteiger partial charge in [0.15, 0.2) is 0 Å². The number of aromatic hydroxyl groups is 1. The number of sulfonamides is 1. The van der Waals surface area contributed by atoms with Crippen LogP contribution in [0, 0.1) is 0 Å². The van der Waals surface area contributed by atoms with Gasteiger partial charge >= 0.3 is 0 Å². The predicted molar refractivity (Wildman–Crippen MR) is 66.7 cm³/mol. The number of ether oxygens (including phenoxy) is 1. The zero-order valence-corrected chi connectivity index (χ0v) is 10.6. The van der Waals surface area contributed by atoms with E-state index in [1.807, 2.05) is 0 Å². The fraction of sp³-hybridized carbons (Fsp3) is 0.455. The summed E-state index contributed by atoms with van der Waals surface area (Å²) in [5.74, 6) is -0.125. The molecular formula is C11H16N2O4S. The number of benzene rings is 1. The number of phenolic OH excluding ortho intramolecular Hbond substituents is 1. The molecule has 1 aliphatic heterocycles. The van der Waals surface area contributed by atoms with Gasteiger partial charge in [-0.2, -0.15) is 0 Å². The maximum atomic E-state index is 12.1. The van der Waals surface area contributed by atoms with Crippen molar-refractivity contribution in [2.24, 2.45) is 0 Å². The third kappa shape index (κ3) is 2.92. The summed E-state index contributed by atoms with van der Waals surface area (Å²) in [4.78, 5) is 0.0595. The van der Waals surface area contributed by atoms with Gasteiger partial charge in [-0.05, 0) is 31.0 Å². The second kappa shape index (κ2) is 5.13. The zero-order chi connectivity index (χ0) is 13.2. The smallest absolute Gasteiger partial charge is 0.240 e. The van der Waals surface area contributed by atoms with Crippen molar-refractivity contribution in [1.29, 1.82) is 0 Å². The summed E-state index contributed by atoms with van der Waals surface area (Å²) in [5.41, 5.74) is 5.53. The summed E-state index contributed by atoms with van der Waals surface area (Å²) in [7, 11) is -3.60. The lowest BCUT2D eigenvalue weighted by molar-refractivity contribution is 0.0832. The van der Waals surface area contributed by atoms with Crippen molar-refractivity contribution >= 4 is 15.7 Å². The molecule has 18 heavy (non-hydrogen) atoms. The highest BCUT2D eigenvalue weighted by atomic mass is 32.2. The Balaban J connectivity index is 2.16. The standard InChI is InChI=1S/C11H16N2O4S/c12-10-7-9(1-2-11(10)14)18(15,16)13-8-3-5-17-6-4-8/h1-2,7-8,13-14H,3-6,12H2. The summed E-state index contributed by atoms with van der Waals surface area (Å²) >= 11 is 0. The van der Waals surface area contributed by atoms with Crippen molar-refractivity contribution < 1.29 is 18.3 Å². The molecule has 0 aromatic heterocycles. The van der Waals surface area contributed by atoms with Crippen molar-refractivity contribution in [2.45, 2.75) is 23.8 Å². The Morgan fingerprint density at radius 3 is 2.61 bits per heavy atom. The Morgan fingerprint density at radius 2 is 2.00 bits per heavy atom. The molecule has 0 atom stereocenters. The molecule has 0 amide bonds. The van der Waals surface area contributed by atoms with Crippen LogP contribution in [0.15, 0.2) is 23.1 Å². The molecule has 1 aromatic rings. The van der Waals surface area contributed by atoms with Gasteiger partial charge in [0.05, 0.1) is 10.6 Å².